The van der Waals surface area contributed by atoms with E-state index in [9.17, 15) is 19.8 Å². The van der Waals surface area contributed by atoms with Gasteiger partial charge in [-0.25, -0.2) is 0 Å². The molecule has 2 rings (SSSR count). The van der Waals surface area contributed by atoms with Crippen LogP contribution in [0, 0.1) is 0 Å². The molecule has 6 heteroatoms. The number of benzene rings is 2. The van der Waals surface area contributed by atoms with Crippen molar-refractivity contribution in [3.63, 3.8) is 0 Å². The first-order chi connectivity index (χ1) is 9.49. The quantitative estimate of drug-likeness (QED) is 0.802. The van der Waals surface area contributed by atoms with Crippen molar-refractivity contribution in [2.75, 3.05) is 5.73 Å². The lowest BCUT2D eigenvalue weighted by atomic mass is 10.2. The lowest BCUT2D eigenvalue weighted by Gasteiger charge is -2.12. The highest BCUT2D eigenvalue weighted by molar-refractivity contribution is 7.99. The van der Waals surface area contributed by atoms with E-state index in [1.54, 1.807) is 18.2 Å². The van der Waals surface area contributed by atoms with Crippen molar-refractivity contribution in [3.05, 3.63) is 53.6 Å². The highest BCUT2D eigenvalue weighted by atomic mass is 32.2. The molecule has 0 fully saturated rings. The monoisotopic (exact) mass is 287 g/mol. The van der Waals surface area contributed by atoms with E-state index in [-0.39, 0.29) is 16.8 Å². The topological polar surface area (TPSA) is 106 Å². The van der Waals surface area contributed by atoms with Crippen molar-refractivity contribution in [2.24, 2.45) is 0 Å². The Morgan fingerprint density at radius 1 is 0.950 bits per heavy atom. The van der Waals surface area contributed by atoms with Crippen LogP contribution in [-0.4, -0.2) is 11.9 Å². The van der Waals surface area contributed by atoms with Crippen LogP contribution in [0.5, 0.6) is 0 Å². The molecular weight excluding hydrogens is 278 g/mol. The van der Waals surface area contributed by atoms with Gasteiger partial charge in [-0.05, 0) is 23.8 Å². The summed E-state index contributed by atoms with van der Waals surface area (Å²) in [5.74, 6) is -2.60. The predicted octanol–water partition coefficient (Wildman–Crippen LogP) is 0.147. The summed E-state index contributed by atoms with van der Waals surface area (Å²) in [5.41, 5.74) is 6.03. The second-order valence-corrected chi connectivity index (χ2v) is 5.01. The standard InChI is InChI=1S/C14H11NO4S/c15-10-7-8(13(16)17)5-6-12(10)20-11-4-2-1-3-9(11)14(18)19/h1-7H,15H2,(H,16,17)(H,18,19)/p-2. The van der Waals surface area contributed by atoms with Crippen molar-refractivity contribution in [1.29, 1.82) is 0 Å². The van der Waals surface area contributed by atoms with Gasteiger partial charge in [-0.3, -0.25) is 0 Å². The minimum absolute atomic E-state index is 0.0277. The molecule has 0 bridgehead atoms. The van der Waals surface area contributed by atoms with Crippen molar-refractivity contribution in [2.45, 2.75) is 9.79 Å². The van der Waals surface area contributed by atoms with Gasteiger partial charge in [0.1, 0.15) is 0 Å². The number of carbonyl (C=O) groups is 2. The number of carboxylic acids is 2. The largest absolute Gasteiger partial charge is 0.545 e. The minimum atomic E-state index is -1.32. The van der Waals surface area contributed by atoms with Gasteiger partial charge in [0.05, 0.1) is 11.9 Å². The third-order valence-electron chi connectivity index (χ3n) is 2.57. The molecule has 2 aromatic carbocycles. The molecule has 0 radical (unpaired) electrons. The van der Waals surface area contributed by atoms with Crippen LogP contribution in [-0.2, 0) is 0 Å². The zero-order chi connectivity index (χ0) is 14.7. The van der Waals surface area contributed by atoms with Crippen molar-refractivity contribution in [3.8, 4) is 0 Å². The summed E-state index contributed by atoms with van der Waals surface area (Å²) in [6.07, 6.45) is 0. The van der Waals surface area contributed by atoms with E-state index < -0.39 is 11.9 Å². The first-order valence-electron chi connectivity index (χ1n) is 5.58. The van der Waals surface area contributed by atoms with Gasteiger partial charge < -0.3 is 25.5 Å². The van der Waals surface area contributed by atoms with Crippen LogP contribution in [0.4, 0.5) is 5.69 Å². The van der Waals surface area contributed by atoms with Crippen LogP contribution in [0.15, 0.2) is 52.3 Å². The Balaban J connectivity index is 2.36. The number of anilines is 1. The lowest BCUT2D eigenvalue weighted by Crippen LogP contribution is -2.23. The van der Waals surface area contributed by atoms with E-state index in [4.69, 9.17) is 5.73 Å². The van der Waals surface area contributed by atoms with E-state index in [1.807, 2.05) is 0 Å². The summed E-state index contributed by atoms with van der Waals surface area (Å²) in [4.78, 5) is 22.7. The highest BCUT2D eigenvalue weighted by Gasteiger charge is 2.08. The number of hydrogen-bond donors (Lipinski definition) is 1. The van der Waals surface area contributed by atoms with E-state index >= 15 is 0 Å². The predicted molar refractivity (Wildman–Crippen MR) is 70.1 cm³/mol. The Labute approximate surface area is 119 Å². The van der Waals surface area contributed by atoms with E-state index in [0.717, 1.165) is 11.8 Å². The Bertz CT molecular complexity index is 685. The molecule has 0 saturated carbocycles. The molecule has 0 heterocycles. The van der Waals surface area contributed by atoms with E-state index in [1.165, 1.54) is 24.3 Å². The maximum Gasteiger partial charge on any atom is 0.0726 e. The summed E-state index contributed by atoms with van der Waals surface area (Å²) in [6, 6.07) is 10.5. The fraction of sp³-hybridized carbons (Fsp3) is 0. The summed E-state index contributed by atoms with van der Waals surface area (Å²) in [6.45, 7) is 0. The average Bonchev–Trinajstić information content (AvgIpc) is 2.41. The van der Waals surface area contributed by atoms with E-state index in [2.05, 4.69) is 0 Å². The minimum Gasteiger partial charge on any atom is -0.545 e. The number of carboxylic acid groups (broad SMARTS) is 2. The molecule has 5 nitrogen and oxygen atoms in total. The normalized spacial score (nSPS) is 10.2. The number of nitrogens with two attached hydrogens (primary N) is 1. The Kier molecular flexibility index (Phi) is 3.95. The SMILES string of the molecule is Nc1cc(C(=O)[O-])ccc1Sc1ccccc1C(=O)[O-]. The van der Waals surface area contributed by atoms with Crippen molar-refractivity contribution < 1.29 is 19.8 Å². The average molecular weight is 287 g/mol. The van der Waals surface area contributed by atoms with Crippen LogP contribution >= 0.6 is 11.8 Å². The highest BCUT2D eigenvalue weighted by Crippen LogP contribution is 2.34. The molecule has 0 spiro atoms. The Morgan fingerprint density at radius 3 is 2.25 bits per heavy atom. The second kappa shape index (κ2) is 5.66. The molecule has 0 amide bonds. The summed E-state index contributed by atoms with van der Waals surface area (Å²) >= 11 is 1.13. The first-order valence-corrected chi connectivity index (χ1v) is 6.40. The number of aromatic carboxylic acids is 2. The van der Waals surface area contributed by atoms with Gasteiger partial charge in [0.15, 0.2) is 0 Å². The zero-order valence-corrected chi connectivity index (χ0v) is 11.0. The molecule has 0 aliphatic heterocycles. The smallest absolute Gasteiger partial charge is 0.0726 e. The van der Waals surface area contributed by atoms with Gasteiger partial charge in [0.25, 0.3) is 0 Å². The lowest BCUT2D eigenvalue weighted by molar-refractivity contribution is -0.256. The van der Waals surface area contributed by atoms with E-state index in [0.29, 0.717) is 9.79 Å². The third-order valence-corrected chi connectivity index (χ3v) is 3.74. The molecule has 0 aromatic heterocycles. The summed E-state index contributed by atoms with van der Waals surface area (Å²) in [7, 11) is 0. The van der Waals surface area contributed by atoms with Crippen molar-refractivity contribution >= 4 is 29.4 Å². The van der Waals surface area contributed by atoms with Crippen LogP contribution < -0.4 is 15.9 Å². The number of carbonyl (C=O) groups excluding carboxylic acids is 2. The van der Waals surface area contributed by atoms with Crippen LogP contribution in [0.3, 0.4) is 0 Å². The maximum absolute atomic E-state index is 11.0. The fourth-order valence-electron chi connectivity index (χ4n) is 1.61. The zero-order valence-electron chi connectivity index (χ0n) is 10.2. The molecule has 0 aliphatic carbocycles. The van der Waals surface area contributed by atoms with Gasteiger partial charge in [-0.15, -0.1) is 0 Å². The maximum atomic E-state index is 11.0. The van der Waals surface area contributed by atoms with Gasteiger partial charge in [-0.1, -0.05) is 36.0 Å². The molecule has 20 heavy (non-hydrogen) atoms. The number of rotatable bonds is 4. The Hall–Kier alpha value is -2.47. The molecule has 0 atom stereocenters. The van der Waals surface area contributed by atoms with Crippen LogP contribution in [0.1, 0.15) is 20.7 Å². The van der Waals surface area contributed by atoms with Gasteiger partial charge in [0, 0.05) is 21.0 Å². The van der Waals surface area contributed by atoms with Gasteiger partial charge in [0.2, 0.25) is 0 Å². The molecular formula is C14H9NO4S-2. The molecule has 0 saturated heterocycles. The van der Waals surface area contributed by atoms with Crippen LogP contribution in [0.25, 0.3) is 0 Å². The van der Waals surface area contributed by atoms with Crippen molar-refractivity contribution in [1.82, 2.24) is 0 Å². The summed E-state index contributed by atoms with van der Waals surface area (Å²) in [5, 5.41) is 21.7. The Morgan fingerprint density at radius 2 is 1.65 bits per heavy atom. The van der Waals surface area contributed by atoms with Crippen LogP contribution in [0.2, 0.25) is 0 Å². The second-order valence-electron chi connectivity index (χ2n) is 3.93. The molecule has 2 aromatic rings. The fourth-order valence-corrected chi connectivity index (χ4v) is 2.57. The third kappa shape index (κ3) is 2.92. The summed E-state index contributed by atoms with van der Waals surface area (Å²) < 4.78 is 0. The number of nitrogen functional groups attached to an aromatic ring is 1. The first kappa shape index (κ1) is 14.0. The molecule has 2 N–H and O–H groups in total. The number of hydrogen-bond acceptors (Lipinski definition) is 6. The van der Waals surface area contributed by atoms with Gasteiger partial charge in [-0.2, -0.15) is 0 Å². The molecule has 0 aliphatic rings. The molecule has 0 unspecified atom stereocenters. The van der Waals surface area contributed by atoms with Gasteiger partial charge >= 0.3 is 0 Å². The molecule has 102 valence electrons.